The van der Waals surface area contributed by atoms with Gasteiger partial charge in [0.25, 0.3) is 0 Å². The lowest BCUT2D eigenvalue weighted by atomic mass is 10.3. The van der Waals surface area contributed by atoms with Gasteiger partial charge in [-0.1, -0.05) is 29.3 Å². The number of nitrogens with zero attached hydrogens (tertiary/aromatic N) is 3. The molecule has 4 nitrogen and oxygen atoms in total. The summed E-state index contributed by atoms with van der Waals surface area (Å²) in [7, 11) is 0. The first-order valence-corrected chi connectivity index (χ1v) is 11.6. The Morgan fingerprint density at radius 3 is 2.71 bits per heavy atom. The summed E-state index contributed by atoms with van der Waals surface area (Å²) < 4.78 is 2.24. The molecule has 0 atom stereocenters. The van der Waals surface area contributed by atoms with E-state index in [4.69, 9.17) is 28.2 Å². The number of hydrogen-bond acceptors (Lipinski definition) is 4. The number of amides is 1. The predicted octanol–water partition coefficient (Wildman–Crippen LogP) is 5.83. The third-order valence-corrected chi connectivity index (χ3v) is 7.18. The van der Waals surface area contributed by atoms with Crippen molar-refractivity contribution in [2.45, 2.75) is 25.8 Å². The van der Waals surface area contributed by atoms with Gasteiger partial charge in [-0.15, -0.1) is 22.7 Å². The standard InChI is InChI=1S/C20H19Cl2N3OS2/c21-15-7-6-14(12-16(15)22)23-20-25(10-3-9-24-8-1-5-19(24)26)17(13-28-20)18-4-2-11-27-18/h2,4,6-7,11-13H,1,3,5,8-10H2. The topological polar surface area (TPSA) is 37.6 Å². The van der Waals surface area contributed by atoms with Gasteiger partial charge in [-0.25, -0.2) is 4.99 Å². The lowest BCUT2D eigenvalue weighted by Gasteiger charge is -2.16. The molecule has 0 spiro atoms. The van der Waals surface area contributed by atoms with Crippen LogP contribution in [0.2, 0.25) is 10.0 Å². The molecule has 2 aromatic heterocycles. The van der Waals surface area contributed by atoms with Crippen molar-refractivity contribution in [1.82, 2.24) is 9.47 Å². The van der Waals surface area contributed by atoms with Gasteiger partial charge in [0.05, 0.1) is 26.3 Å². The van der Waals surface area contributed by atoms with Crippen LogP contribution in [-0.4, -0.2) is 28.5 Å². The largest absolute Gasteiger partial charge is 0.343 e. The second-order valence-electron chi connectivity index (χ2n) is 6.58. The van der Waals surface area contributed by atoms with Crippen molar-refractivity contribution < 1.29 is 4.79 Å². The Morgan fingerprint density at radius 2 is 2.00 bits per heavy atom. The molecule has 1 aliphatic rings. The number of carbonyl (C=O) groups excluding carboxylic acids is 1. The van der Waals surface area contributed by atoms with E-state index in [-0.39, 0.29) is 5.91 Å². The normalized spacial score (nSPS) is 15.0. The zero-order valence-corrected chi connectivity index (χ0v) is 18.3. The van der Waals surface area contributed by atoms with Crippen molar-refractivity contribution in [2.75, 3.05) is 13.1 Å². The number of aromatic nitrogens is 1. The van der Waals surface area contributed by atoms with Crippen LogP contribution in [0.15, 0.2) is 46.1 Å². The van der Waals surface area contributed by atoms with Gasteiger partial charge >= 0.3 is 0 Å². The van der Waals surface area contributed by atoms with Crippen LogP contribution in [0.4, 0.5) is 5.69 Å². The van der Waals surface area contributed by atoms with Crippen LogP contribution in [0.5, 0.6) is 0 Å². The van der Waals surface area contributed by atoms with Crippen LogP contribution in [0.1, 0.15) is 19.3 Å². The van der Waals surface area contributed by atoms with Crippen LogP contribution in [-0.2, 0) is 11.3 Å². The number of thiazole rings is 1. The molecule has 0 N–H and O–H groups in total. The van der Waals surface area contributed by atoms with Crippen LogP contribution >= 0.6 is 45.9 Å². The molecule has 1 saturated heterocycles. The second-order valence-corrected chi connectivity index (χ2v) is 9.18. The maximum atomic E-state index is 11.9. The highest BCUT2D eigenvalue weighted by Crippen LogP contribution is 2.28. The molecule has 0 radical (unpaired) electrons. The molecule has 1 aromatic carbocycles. The van der Waals surface area contributed by atoms with Crippen LogP contribution in [0, 0.1) is 0 Å². The lowest BCUT2D eigenvalue weighted by molar-refractivity contribution is -0.127. The molecular formula is C20H19Cl2N3OS2. The Kier molecular flexibility index (Phi) is 6.21. The van der Waals surface area contributed by atoms with E-state index in [9.17, 15) is 4.79 Å². The maximum absolute atomic E-state index is 11.9. The van der Waals surface area contributed by atoms with Crippen molar-refractivity contribution in [3.05, 3.63) is 55.9 Å². The quantitative estimate of drug-likeness (QED) is 0.464. The number of rotatable bonds is 6. The van der Waals surface area contributed by atoms with Gasteiger partial charge < -0.3 is 9.47 Å². The number of benzene rings is 1. The average molecular weight is 452 g/mol. The zero-order valence-electron chi connectivity index (χ0n) is 15.1. The third kappa shape index (κ3) is 4.35. The number of likely N-dealkylation sites (tertiary alicyclic amines) is 1. The fraction of sp³-hybridized carbons (Fsp3) is 0.300. The first kappa shape index (κ1) is 19.7. The highest BCUT2D eigenvalue weighted by atomic mass is 35.5. The van der Waals surface area contributed by atoms with Gasteiger partial charge in [0.2, 0.25) is 5.91 Å². The van der Waals surface area contributed by atoms with Crippen LogP contribution in [0.25, 0.3) is 10.6 Å². The van der Waals surface area contributed by atoms with Gasteiger partial charge in [-0.3, -0.25) is 4.79 Å². The fourth-order valence-electron chi connectivity index (χ4n) is 3.28. The van der Waals surface area contributed by atoms with Gasteiger partial charge in [0.15, 0.2) is 4.80 Å². The highest BCUT2D eigenvalue weighted by molar-refractivity contribution is 7.14. The Morgan fingerprint density at radius 1 is 1.11 bits per heavy atom. The minimum Gasteiger partial charge on any atom is -0.343 e. The Bertz CT molecular complexity index is 1040. The molecule has 3 aromatic rings. The number of carbonyl (C=O) groups is 1. The first-order valence-electron chi connectivity index (χ1n) is 9.11. The number of thiophene rings is 1. The Labute approximate surface area is 181 Å². The molecule has 28 heavy (non-hydrogen) atoms. The minimum absolute atomic E-state index is 0.273. The summed E-state index contributed by atoms with van der Waals surface area (Å²) in [4.78, 5) is 20.8. The summed E-state index contributed by atoms with van der Waals surface area (Å²) in [6.07, 6.45) is 2.56. The van der Waals surface area contributed by atoms with E-state index in [1.54, 1.807) is 34.8 Å². The van der Waals surface area contributed by atoms with E-state index in [2.05, 4.69) is 27.5 Å². The maximum Gasteiger partial charge on any atom is 0.222 e. The monoisotopic (exact) mass is 451 g/mol. The zero-order chi connectivity index (χ0) is 19.5. The van der Waals surface area contributed by atoms with Crippen molar-refractivity contribution in [2.24, 2.45) is 4.99 Å². The molecule has 0 unspecified atom stereocenters. The summed E-state index contributed by atoms with van der Waals surface area (Å²) in [6, 6.07) is 9.59. The summed E-state index contributed by atoms with van der Waals surface area (Å²) in [5.41, 5.74) is 1.93. The summed E-state index contributed by atoms with van der Waals surface area (Å²) in [5, 5.41) is 5.24. The molecule has 4 rings (SSSR count). The molecule has 8 heteroatoms. The van der Waals surface area contributed by atoms with Gasteiger partial charge in [-0.2, -0.15) is 0 Å². The molecule has 146 valence electrons. The molecule has 1 fully saturated rings. The molecule has 0 aliphatic carbocycles. The summed E-state index contributed by atoms with van der Waals surface area (Å²) in [6.45, 7) is 2.48. The smallest absolute Gasteiger partial charge is 0.222 e. The van der Waals surface area contributed by atoms with E-state index in [0.717, 1.165) is 48.7 Å². The lowest BCUT2D eigenvalue weighted by Crippen LogP contribution is -2.27. The van der Waals surface area contributed by atoms with Crippen LogP contribution < -0.4 is 4.80 Å². The van der Waals surface area contributed by atoms with Crippen molar-refractivity contribution >= 4 is 57.5 Å². The molecule has 1 amide bonds. The van der Waals surface area contributed by atoms with E-state index < -0.39 is 0 Å². The van der Waals surface area contributed by atoms with Crippen LogP contribution in [0.3, 0.4) is 0 Å². The fourth-order valence-corrected chi connectivity index (χ4v) is 5.35. The van der Waals surface area contributed by atoms with Gasteiger partial charge in [0.1, 0.15) is 0 Å². The number of halogens is 2. The average Bonchev–Trinajstić information content (AvgIpc) is 3.41. The molecule has 0 bridgehead atoms. The molecule has 3 heterocycles. The Balaban J connectivity index is 1.63. The minimum atomic E-state index is 0.273. The molecule has 0 saturated carbocycles. The van der Waals surface area contributed by atoms with E-state index in [1.807, 2.05) is 11.0 Å². The van der Waals surface area contributed by atoms with E-state index >= 15 is 0 Å². The predicted molar refractivity (Wildman–Crippen MR) is 118 cm³/mol. The third-order valence-electron chi connectivity index (χ3n) is 4.68. The SMILES string of the molecule is O=C1CCCN1CCCn1c(-c2cccs2)csc1=Nc1ccc(Cl)c(Cl)c1. The van der Waals surface area contributed by atoms with Gasteiger partial charge in [-0.05, 0) is 42.5 Å². The highest BCUT2D eigenvalue weighted by Gasteiger charge is 2.19. The molecular weight excluding hydrogens is 433 g/mol. The second kappa shape index (κ2) is 8.82. The van der Waals surface area contributed by atoms with Crippen molar-refractivity contribution in [3.63, 3.8) is 0 Å². The summed E-state index contributed by atoms with van der Waals surface area (Å²) in [5.74, 6) is 0.273. The van der Waals surface area contributed by atoms with E-state index in [1.165, 1.54) is 4.88 Å². The Hall–Kier alpha value is -1.60. The van der Waals surface area contributed by atoms with Gasteiger partial charge in [0, 0.05) is 31.4 Å². The number of hydrogen-bond donors (Lipinski definition) is 0. The van der Waals surface area contributed by atoms with Crippen molar-refractivity contribution in [1.29, 1.82) is 0 Å². The summed E-state index contributed by atoms with van der Waals surface area (Å²) >= 11 is 15.5. The first-order chi connectivity index (χ1) is 13.6. The van der Waals surface area contributed by atoms with E-state index in [0.29, 0.717) is 16.5 Å². The molecule has 1 aliphatic heterocycles. The van der Waals surface area contributed by atoms with Crippen molar-refractivity contribution in [3.8, 4) is 10.6 Å².